The summed E-state index contributed by atoms with van der Waals surface area (Å²) in [6.07, 6.45) is 3.15. The average molecular weight is 341 g/mol. The Kier molecular flexibility index (Phi) is 4.19. The van der Waals surface area contributed by atoms with Crippen LogP contribution in [0.1, 0.15) is 10.4 Å². The van der Waals surface area contributed by atoms with Crippen molar-refractivity contribution in [3.05, 3.63) is 65.3 Å². The molecular formula is C16H11N3O2S2. The molecule has 0 amide bonds. The molecule has 3 rings (SSSR count). The number of nitrogens with zero attached hydrogens (tertiary/aromatic N) is 3. The quantitative estimate of drug-likeness (QED) is 0.728. The highest BCUT2D eigenvalue weighted by atomic mass is 32.2. The van der Waals surface area contributed by atoms with Gasteiger partial charge in [-0.1, -0.05) is 30.3 Å². The molecule has 0 aliphatic carbocycles. The predicted octanol–water partition coefficient (Wildman–Crippen LogP) is 3.05. The van der Waals surface area contributed by atoms with E-state index in [1.54, 1.807) is 42.7 Å². The van der Waals surface area contributed by atoms with E-state index in [2.05, 4.69) is 9.97 Å². The van der Waals surface area contributed by atoms with Crippen LogP contribution in [-0.2, 0) is 15.6 Å². The first-order chi connectivity index (χ1) is 11.1. The summed E-state index contributed by atoms with van der Waals surface area (Å²) in [5.74, 6) is 0.268. The van der Waals surface area contributed by atoms with Crippen molar-refractivity contribution in [3.8, 4) is 16.8 Å². The molecule has 0 bridgehead atoms. The van der Waals surface area contributed by atoms with Crippen LogP contribution in [0.15, 0.2) is 59.8 Å². The minimum absolute atomic E-state index is 0.0382. The number of hydrogen-bond acceptors (Lipinski definition) is 6. The Morgan fingerprint density at radius 3 is 2.43 bits per heavy atom. The molecule has 2 heterocycles. The van der Waals surface area contributed by atoms with Crippen molar-refractivity contribution in [1.29, 1.82) is 5.26 Å². The Morgan fingerprint density at radius 2 is 1.78 bits per heavy atom. The van der Waals surface area contributed by atoms with Crippen molar-refractivity contribution in [2.24, 2.45) is 0 Å². The third-order valence-corrected chi connectivity index (χ3v) is 5.99. The van der Waals surface area contributed by atoms with E-state index in [4.69, 9.17) is 0 Å². The fourth-order valence-electron chi connectivity index (χ4n) is 2.09. The van der Waals surface area contributed by atoms with E-state index in [-0.39, 0.29) is 15.5 Å². The molecule has 1 aromatic carbocycles. The summed E-state index contributed by atoms with van der Waals surface area (Å²) in [6.45, 7) is 0. The SMILES string of the molecule is N#Cc1sc(-c2ncccn2)cc1S(=O)(=O)Cc1ccccc1. The zero-order valence-electron chi connectivity index (χ0n) is 11.9. The fraction of sp³-hybridized carbons (Fsp3) is 0.0625. The maximum absolute atomic E-state index is 12.6. The van der Waals surface area contributed by atoms with Crippen LogP contribution in [0.3, 0.4) is 0 Å². The zero-order chi connectivity index (χ0) is 16.3. The highest BCUT2D eigenvalue weighted by molar-refractivity contribution is 7.90. The highest BCUT2D eigenvalue weighted by Crippen LogP contribution is 2.33. The minimum Gasteiger partial charge on any atom is -0.236 e. The predicted molar refractivity (Wildman–Crippen MR) is 87.4 cm³/mol. The Bertz CT molecular complexity index is 960. The molecule has 7 heteroatoms. The topological polar surface area (TPSA) is 83.7 Å². The molecule has 114 valence electrons. The molecule has 0 N–H and O–H groups in total. The lowest BCUT2D eigenvalue weighted by atomic mass is 10.2. The molecule has 0 saturated heterocycles. The Morgan fingerprint density at radius 1 is 1.09 bits per heavy atom. The van der Waals surface area contributed by atoms with Crippen LogP contribution in [0, 0.1) is 11.3 Å². The van der Waals surface area contributed by atoms with E-state index in [1.807, 2.05) is 12.1 Å². The normalized spacial score (nSPS) is 11.1. The first-order valence-electron chi connectivity index (χ1n) is 6.68. The van der Waals surface area contributed by atoms with Gasteiger partial charge in [0.15, 0.2) is 15.7 Å². The summed E-state index contributed by atoms with van der Waals surface area (Å²) in [7, 11) is -3.61. The summed E-state index contributed by atoms with van der Waals surface area (Å²) in [5, 5.41) is 9.26. The molecule has 0 radical (unpaired) electrons. The first-order valence-corrected chi connectivity index (χ1v) is 9.15. The number of aromatic nitrogens is 2. The van der Waals surface area contributed by atoms with Crippen molar-refractivity contribution in [2.75, 3.05) is 0 Å². The van der Waals surface area contributed by atoms with E-state index < -0.39 is 9.84 Å². The fourth-order valence-corrected chi connectivity index (χ4v) is 4.88. The van der Waals surface area contributed by atoms with Crippen molar-refractivity contribution >= 4 is 21.2 Å². The second-order valence-electron chi connectivity index (χ2n) is 4.73. The molecule has 2 aromatic heterocycles. The maximum atomic E-state index is 12.6. The lowest BCUT2D eigenvalue weighted by Crippen LogP contribution is -2.05. The third kappa shape index (κ3) is 3.28. The van der Waals surface area contributed by atoms with Gasteiger partial charge in [-0.25, -0.2) is 18.4 Å². The van der Waals surface area contributed by atoms with E-state index in [9.17, 15) is 13.7 Å². The number of nitriles is 1. The van der Waals surface area contributed by atoms with Crippen molar-refractivity contribution in [2.45, 2.75) is 10.6 Å². The van der Waals surface area contributed by atoms with Crippen LogP contribution in [-0.4, -0.2) is 18.4 Å². The van der Waals surface area contributed by atoms with Crippen molar-refractivity contribution < 1.29 is 8.42 Å². The first kappa shape index (κ1) is 15.3. The lowest BCUT2D eigenvalue weighted by molar-refractivity contribution is 0.595. The molecule has 0 fully saturated rings. The summed E-state index contributed by atoms with van der Waals surface area (Å²) in [6, 6.07) is 14.0. The summed E-state index contributed by atoms with van der Waals surface area (Å²) < 4.78 is 25.3. The monoisotopic (exact) mass is 341 g/mol. The maximum Gasteiger partial charge on any atom is 0.184 e. The molecule has 0 saturated carbocycles. The van der Waals surface area contributed by atoms with Gasteiger partial charge >= 0.3 is 0 Å². The minimum atomic E-state index is -3.61. The van der Waals surface area contributed by atoms with Crippen molar-refractivity contribution in [3.63, 3.8) is 0 Å². The molecule has 3 aromatic rings. The van der Waals surface area contributed by atoms with Crippen LogP contribution in [0.4, 0.5) is 0 Å². The molecule has 23 heavy (non-hydrogen) atoms. The van der Waals surface area contributed by atoms with Crippen LogP contribution in [0.25, 0.3) is 10.7 Å². The second kappa shape index (κ2) is 6.28. The van der Waals surface area contributed by atoms with Crippen LogP contribution in [0.2, 0.25) is 0 Å². The van der Waals surface area contributed by atoms with Gasteiger partial charge in [0.05, 0.1) is 15.5 Å². The van der Waals surface area contributed by atoms with Crippen LogP contribution in [0.5, 0.6) is 0 Å². The average Bonchev–Trinajstić information content (AvgIpc) is 3.02. The number of hydrogen-bond donors (Lipinski definition) is 0. The van der Waals surface area contributed by atoms with Gasteiger partial charge in [-0.05, 0) is 17.7 Å². The Labute approximate surface area is 137 Å². The second-order valence-corrected chi connectivity index (χ2v) is 7.74. The van der Waals surface area contributed by atoms with Crippen molar-refractivity contribution in [1.82, 2.24) is 9.97 Å². The number of thiophene rings is 1. The third-order valence-electron chi connectivity index (χ3n) is 3.12. The summed E-state index contributed by atoms with van der Waals surface area (Å²) >= 11 is 1.08. The molecule has 0 aliphatic rings. The summed E-state index contributed by atoms with van der Waals surface area (Å²) in [5.41, 5.74) is 0.681. The van der Waals surface area contributed by atoms with E-state index in [0.717, 1.165) is 11.3 Å². The van der Waals surface area contributed by atoms with E-state index in [1.165, 1.54) is 6.07 Å². The lowest BCUT2D eigenvalue weighted by Gasteiger charge is -2.02. The van der Waals surface area contributed by atoms with Gasteiger partial charge < -0.3 is 0 Å². The van der Waals surface area contributed by atoms with Gasteiger partial charge in [0.25, 0.3) is 0 Å². The zero-order valence-corrected chi connectivity index (χ0v) is 13.5. The number of benzene rings is 1. The highest BCUT2D eigenvalue weighted by Gasteiger charge is 2.23. The van der Waals surface area contributed by atoms with Crippen LogP contribution < -0.4 is 0 Å². The largest absolute Gasteiger partial charge is 0.236 e. The van der Waals surface area contributed by atoms with E-state index >= 15 is 0 Å². The number of sulfone groups is 1. The molecule has 5 nitrogen and oxygen atoms in total. The Hall–Kier alpha value is -2.56. The van der Waals surface area contributed by atoms with Gasteiger partial charge in [-0.2, -0.15) is 5.26 Å². The Balaban J connectivity index is 2.02. The number of rotatable bonds is 4. The smallest absolute Gasteiger partial charge is 0.184 e. The van der Waals surface area contributed by atoms with Gasteiger partial charge in [0, 0.05) is 12.4 Å². The molecule has 0 atom stereocenters. The standard InChI is InChI=1S/C16H11N3O2S2/c17-10-14-15(9-13(22-14)16-18-7-4-8-19-16)23(20,21)11-12-5-2-1-3-6-12/h1-9H,11H2. The van der Waals surface area contributed by atoms with Gasteiger partial charge in [-0.3, -0.25) is 0 Å². The molecule has 0 aliphatic heterocycles. The molecule has 0 unspecified atom stereocenters. The van der Waals surface area contributed by atoms with Gasteiger partial charge in [0.2, 0.25) is 0 Å². The van der Waals surface area contributed by atoms with Crippen LogP contribution >= 0.6 is 11.3 Å². The molecule has 0 spiro atoms. The van der Waals surface area contributed by atoms with E-state index in [0.29, 0.717) is 16.3 Å². The molecular weight excluding hydrogens is 330 g/mol. The van der Waals surface area contributed by atoms with Gasteiger partial charge in [-0.15, -0.1) is 11.3 Å². The van der Waals surface area contributed by atoms with Gasteiger partial charge in [0.1, 0.15) is 10.9 Å². The summed E-state index contributed by atoms with van der Waals surface area (Å²) in [4.78, 5) is 8.96.